The molecule has 0 saturated carbocycles. The van der Waals surface area contributed by atoms with Crippen LogP contribution in [0.2, 0.25) is 5.02 Å². The Hall–Kier alpha value is -2.77. The van der Waals surface area contributed by atoms with Crippen molar-refractivity contribution in [1.29, 1.82) is 0 Å². The second-order valence-corrected chi connectivity index (χ2v) is 9.18. The highest BCUT2D eigenvalue weighted by Gasteiger charge is 2.36. The molecule has 5 nitrogen and oxygen atoms in total. The number of nitrogens with zero attached hydrogens (tertiary/aromatic N) is 2. The summed E-state index contributed by atoms with van der Waals surface area (Å²) in [5.41, 5.74) is 1.77. The molecule has 3 heterocycles. The van der Waals surface area contributed by atoms with Crippen LogP contribution in [-0.2, 0) is 16.1 Å². The van der Waals surface area contributed by atoms with Crippen molar-refractivity contribution in [3.05, 3.63) is 70.3 Å². The van der Waals surface area contributed by atoms with E-state index in [-0.39, 0.29) is 28.7 Å². The Morgan fingerprint density at radius 2 is 1.88 bits per heavy atom. The van der Waals surface area contributed by atoms with Gasteiger partial charge in [0.2, 0.25) is 11.8 Å². The number of hydrogen-bond donors (Lipinski definition) is 1. The molecule has 2 amide bonds. The Morgan fingerprint density at radius 1 is 1.12 bits per heavy atom. The Labute approximate surface area is 197 Å². The average Bonchev–Trinajstić information content (AvgIpc) is 3.07. The summed E-state index contributed by atoms with van der Waals surface area (Å²) in [6, 6.07) is 9.16. The van der Waals surface area contributed by atoms with E-state index in [9.17, 15) is 18.4 Å². The minimum absolute atomic E-state index is 0.0816. The maximum Gasteiger partial charge on any atom is 0.246 e. The van der Waals surface area contributed by atoms with Crippen molar-refractivity contribution in [2.75, 3.05) is 25.0 Å². The van der Waals surface area contributed by atoms with Crippen molar-refractivity contribution in [2.45, 2.75) is 32.4 Å². The molecule has 174 valence electrons. The maximum atomic E-state index is 14.0. The van der Waals surface area contributed by atoms with E-state index in [1.807, 2.05) is 4.90 Å². The molecule has 0 aliphatic carbocycles. The van der Waals surface area contributed by atoms with Gasteiger partial charge in [0.1, 0.15) is 11.6 Å². The van der Waals surface area contributed by atoms with Crippen LogP contribution in [0.15, 0.2) is 42.5 Å². The minimum atomic E-state index is -0.622. The molecule has 2 atom stereocenters. The van der Waals surface area contributed by atoms with Crippen LogP contribution in [-0.4, -0.2) is 47.3 Å². The quantitative estimate of drug-likeness (QED) is 0.640. The third-order valence-corrected chi connectivity index (χ3v) is 6.49. The summed E-state index contributed by atoms with van der Waals surface area (Å²) < 4.78 is 27.2. The molecule has 3 aliphatic heterocycles. The first kappa shape index (κ1) is 23.4. The molecule has 5 rings (SSSR count). The van der Waals surface area contributed by atoms with Crippen LogP contribution in [0.4, 0.5) is 14.5 Å². The molecule has 3 fully saturated rings. The highest BCUT2D eigenvalue weighted by Crippen LogP contribution is 2.30. The number of fused-ring (bicyclic) bond motifs is 4. The van der Waals surface area contributed by atoms with Crippen molar-refractivity contribution < 1.29 is 18.4 Å². The molecule has 2 aromatic carbocycles. The Bertz CT molecular complexity index is 1070. The first-order valence-corrected chi connectivity index (χ1v) is 11.4. The van der Waals surface area contributed by atoms with Crippen LogP contribution in [0.5, 0.6) is 0 Å². The van der Waals surface area contributed by atoms with E-state index >= 15 is 0 Å². The first-order valence-electron chi connectivity index (χ1n) is 11.0. The van der Waals surface area contributed by atoms with Gasteiger partial charge in [0, 0.05) is 56.5 Å². The van der Waals surface area contributed by atoms with Gasteiger partial charge in [0.05, 0.1) is 5.02 Å². The lowest BCUT2D eigenvalue weighted by Crippen LogP contribution is -2.46. The highest BCUT2D eigenvalue weighted by atomic mass is 35.5. The number of hydrogen-bond acceptors (Lipinski definition) is 3. The second-order valence-electron chi connectivity index (χ2n) is 8.78. The van der Waals surface area contributed by atoms with Crippen LogP contribution < -0.4 is 5.32 Å². The van der Waals surface area contributed by atoms with E-state index < -0.39 is 5.82 Å². The van der Waals surface area contributed by atoms with Gasteiger partial charge in [0.15, 0.2) is 0 Å². The van der Waals surface area contributed by atoms with E-state index in [1.165, 1.54) is 43.3 Å². The molecule has 3 aliphatic rings. The predicted molar refractivity (Wildman–Crippen MR) is 125 cm³/mol. The standard InChI is InChI=1S/C25H26ClF2N3O2/c1-16(32)29-24-11-22(26)23(28)10-19(24)5-9-25(33)31-14-18-4-8-21(31)15-30(13-18)12-17-2-6-20(27)7-3-17/h2-3,5-7,9-11,18,21H,4,8,12-15H2,1H3,(H,29,32). The third-order valence-electron chi connectivity index (χ3n) is 6.20. The fraction of sp³-hybridized carbons (Fsp3) is 0.360. The normalized spacial score (nSPS) is 20.8. The van der Waals surface area contributed by atoms with Crippen LogP contribution in [0.25, 0.3) is 6.08 Å². The number of rotatable bonds is 5. The predicted octanol–water partition coefficient (Wildman–Crippen LogP) is 4.71. The number of anilines is 1. The minimum Gasteiger partial charge on any atom is -0.335 e. The van der Waals surface area contributed by atoms with Gasteiger partial charge in [0.25, 0.3) is 0 Å². The monoisotopic (exact) mass is 473 g/mol. The summed E-state index contributed by atoms with van der Waals surface area (Å²) in [6.45, 7) is 4.37. The van der Waals surface area contributed by atoms with Gasteiger partial charge < -0.3 is 10.2 Å². The summed E-state index contributed by atoms with van der Waals surface area (Å²) in [4.78, 5) is 28.8. The average molecular weight is 474 g/mol. The molecule has 33 heavy (non-hydrogen) atoms. The lowest BCUT2D eigenvalue weighted by atomic mass is 9.95. The summed E-state index contributed by atoms with van der Waals surface area (Å²) in [6.07, 6.45) is 4.94. The van der Waals surface area contributed by atoms with Gasteiger partial charge in [-0.25, -0.2) is 8.78 Å². The molecular weight excluding hydrogens is 448 g/mol. The molecule has 2 aromatic rings. The number of piperidine rings is 1. The van der Waals surface area contributed by atoms with Gasteiger partial charge in [-0.05, 0) is 54.7 Å². The fourth-order valence-corrected chi connectivity index (χ4v) is 4.84. The zero-order valence-electron chi connectivity index (χ0n) is 18.4. The van der Waals surface area contributed by atoms with Crippen molar-refractivity contribution in [3.63, 3.8) is 0 Å². The molecular formula is C25H26ClF2N3O2. The largest absolute Gasteiger partial charge is 0.335 e. The Kier molecular flexibility index (Phi) is 7.10. The van der Waals surface area contributed by atoms with Crippen LogP contribution in [0.1, 0.15) is 30.9 Å². The number of halogens is 3. The summed E-state index contributed by atoms with van der Waals surface area (Å²) in [5, 5.41) is 2.51. The topological polar surface area (TPSA) is 52.7 Å². The lowest BCUT2D eigenvalue weighted by Gasteiger charge is -2.35. The van der Waals surface area contributed by atoms with Gasteiger partial charge in [-0.1, -0.05) is 23.7 Å². The molecule has 2 unspecified atom stereocenters. The zero-order chi connectivity index (χ0) is 23.5. The molecule has 1 N–H and O–H groups in total. The van der Waals surface area contributed by atoms with Crippen LogP contribution in [0.3, 0.4) is 0 Å². The Morgan fingerprint density at radius 3 is 2.61 bits per heavy atom. The van der Waals surface area contributed by atoms with Gasteiger partial charge in [-0.3, -0.25) is 14.5 Å². The summed E-state index contributed by atoms with van der Waals surface area (Å²) >= 11 is 5.85. The first-order chi connectivity index (χ1) is 15.8. The van der Waals surface area contributed by atoms with E-state index in [0.29, 0.717) is 23.7 Å². The van der Waals surface area contributed by atoms with E-state index in [1.54, 1.807) is 12.1 Å². The van der Waals surface area contributed by atoms with Crippen molar-refractivity contribution in [3.8, 4) is 0 Å². The van der Waals surface area contributed by atoms with Crippen molar-refractivity contribution in [1.82, 2.24) is 9.80 Å². The van der Waals surface area contributed by atoms with E-state index in [4.69, 9.17) is 11.6 Å². The zero-order valence-corrected chi connectivity index (χ0v) is 19.1. The molecule has 8 heteroatoms. The molecule has 3 saturated heterocycles. The van der Waals surface area contributed by atoms with Crippen molar-refractivity contribution in [2.24, 2.45) is 5.92 Å². The van der Waals surface area contributed by atoms with E-state index in [2.05, 4.69) is 10.2 Å². The van der Waals surface area contributed by atoms with Crippen LogP contribution >= 0.6 is 11.6 Å². The SMILES string of the molecule is CC(=O)Nc1cc(Cl)c(F)cc1C=CC(=O)N1CC2CCC1CN(Cc1ccc(F)cc1)C2. The van der Waals surface area contributed by atoms with Gasteiger partial charge in [-0.15, -0.1) is 0 Å². The summed E-state index contributed by atoms with van der Waals surface area (Å²) in [5.74, 6) is -0.963. The number of carbonyl (C=O) groups is 2. The lowest BCUT2D eigenvalue weighted by molar-refractivity contribution is -0.129. The fourth-order valence-electron chi connectivity index (χ4n) is 4.68. The van der Waals surface area contributed by atoms with Gasteiger partial charge >= 0.3 is 0 Å². The molecule has 0 aromatic heterocycles. The number of amides is 2. The highest BCUT2D eigenvalue weighted by molar-refractivity contribution is 6.31. The maximum absolute atomic E-state index is 14.0. The number of carbonyl (C=O) groups excluding carboxylic acids is 2. The van der Waals surface area contributed by atoms with Crippen molar-refractivity contribution >= 4 is 35.2 Å². The summed E-state index contributed by atoms with van der Waals surface area (Å²) in [7, 11) is 0. The second kappa shape index (κ2) is 10.0. The third kappa shape index (κ3) is 5.78. The number of benzene rings is 2. The molecule has 2 bridgehead atoms. The number of nitrogens with one attached hydrogen (secondary N) is 1. The van der Waals surface area contributed by atoms with E-state index in [0.717, 1.165) is 38.0 Å². The smallest absolute Gasteiger partial charge is 0.246 e. The van der Waals surface area contributed by atoms with Crippen LogP contribution in [0, 0.1) is 17.6 Å². The molecule has 0 spiro atoms. The molecule has 0 radical (unpaired) electrons. The van der Waals surface area contributed by atoms with Gasteiger partial charge in [-0.2, -0.15) is 0 Å². The Balaban J connectivity index is 1.47.